The number of rotatable bonds is 9. The van der Waals surface area contributed by atoms with Gasteiger partial charge in [0.15, 0.2) is 5.11 Å². The second-order valence-electron chi connectivity index (χ2n) is 5.44. The van der Waals surface area contributed by atoms with E-state index in [-0.39, 0.29) is 11.0 Å². The van der Waals surface area contributed by atoms with E-state index >= 15 is 0 Å². The molecule has 0 aliphatic heterocycles. The standard InChI is InChI=1S/C20H24N2O4S/c1-3-24-12-13-26-17-10-8-16(9-11-17)21-20(27)22-19(23)15-6-5-7-18(14-15)25-4-2/h5-11,14H,3-4,12-13H2,1-2H3,(H2,21,22,23,27). The van der Waals surface area contributed by atoms with Crippen LogP contribution in [0.2, 0.25) is 0 Å². The maximum atomic E-state index is 12.3. The van der Waals surface area contributed by atoms with Gasteiger partial charge in [0.2, 0.25) is 0 Å². The molecular formula is C20H24N2O4S. The van der Waals surface area contributed by atoms with Gasteiger partial charge in [0.1, 0.15) is 18.1 Å². The molecule has 0 saturated heterocycles. The normalized spacial score (nSPS) is 10.1. The number of benzene rings is 2. The maximum absolute atomic E-state index is 12.3. The van der Waals surface area contributed by atoms with E-state index in [1.165, 1.54) is 0 Å². The van der Waals surface area contributed by atoms with Crippen LogP contribution in [-0.4, -0.2) is 37.4 Å². The Balaban J connectivity index is 1.84. The molecule has 0 spiro atoms. The van der Waals surface area contributed by atoms with Crippen molar-refractivity contribution in [1.82, 2.24) is 5.32 Å². The molecule has 0 fully saturated rings. The van der Waals surface area contributed by atoms with Crippen LogP contribution in [0.4, 0.5) is 5.69 Å². The third-order valence-electron chi connectivity index (χ3n) is 3.45. The monoisotopic (exact) mass is 388 g/mol. The molecule has 144 valence electrons. The van der Waals surface area contributed by atoms with Gasteiger partial charge in [-0.2, -0.15) is 0 Å². The molecule has 1 amide bonds. The molecule has 2 aromatic carbocycles. The molecule has 0 unspecified atom stereocenters. The largest absolute Gasteiger partial charge is 0.494 e. The molecule has 0 saturated carbocycles. The Hall–Kier alpha value is -2.64. The fourth-order valence-electron chi connectivity index (χ4n) is 2.23. The van der Waals surface area contributed by atoms with Gasteiger partial charge < -0.3 is 19.5 Å². The Bertz CT molecular complexity index is 750. The molecule has 2 rings (SSSR count). The first-order valence-electron chi connectivity index (χ1n) is 8.78. The highest BCUT2D eigenvalue weighted by Crippen LogP contribution is 2.16. The first-order chi connectivity index (χ1) is 13.1. The van der Waals surface area contributed by atoms with E-state index in [4.69, 9.17) is 26.4 Å². The summed E-state index contributed by atoms with van der Waals surface area (Å²) >= 11 is 5.21. The van der Waals surface area contributed by atoms with Crippen LogP contribution in [0.3, 0.4) is 0 Å². The first-order valence-corrected chi connectivity index (χ1v) is 9.19. The summed E-state index contributed by atoms with van der Waals surface area (Å²) in [5, 5.41) is 5.84. The van der Waals surface area contributed by atoms with Gasteiger partial charge in [0.25, 0.3) is 5.91 Å². The molecule has 6 nitrogen and oxygen atoms in total. The van der Waals surface area contributed by atoms with Gasteiger partial charge in [-0.3, -0.25) is 10.1 Å². The van der Waals surface area contributed by atoms with Crippen molar-refractivity contribution in [3.05, 3.63) is 54.1 Å². The number of amides is 1. The number of thiocarbonyl (C=S) groups is 1. The molecule has 2 aromatic rings. The zero-order chi connectivity index (χ0) is 19.5. The van der Waals surface area contributed by atoms with Crippen LogP contribution in [0.15, 0.2) is 48.5 Å². The molecule has 0 bridgehead atoms. The molecule has 0 atom stereocenters. The average Bonchev–Trinajstić information content (AvgIpc) is 2.67. The van der Waals surface area contributed by atoms with Crippen LogP contribution < -0.4 is 20.1 Å². The zero-order valence-electron chi connectivity index (χ0n) is 15.5. The number of nitrogens with one attached hydrogen (secondary N) is 2. The molecule has 0 aromatic heterocycles. The Labute approximate surface area is 164 Å². The lowest BCUT2D eigenvalue weighted by atomic mass is 10.2. The van der Waals surface area contributed by atoms with Crippen LogP contribution in [0.25, 0.3) is 0 Å². The summed E-state index contributed by atoms with van der Waals surface area (Å²) in [7, 11) is 0. The summed E-state index contributed by atoms with van der Waals surface area (Å²) < 4.78 is 16.2. The molecule has 0 radical (unpaired) electrons. The van der Waals surface area contributed by atoms with Gasteiger partial charge in [-0.1, -0.05) is 6.07 Å². The van der Waals surface area contributed by atoms with Crippen molar-refractivity contribution in [3.8, 4) is 11.5 Å². The maximum Gasteiger partial charge on any atom is 0.257 e. The second kappa shape index (κ2) is 11.2. The Kier molecular flexibility index (Phi) is 8.54. The van der Waals surface area contributed by atoms with Crippen molar-refractivity contribution >= 4 is 28.9 Å². The van der Waals surface area contributed by atoms with E-state index in [1.54, 1.807) is 24.3 Å². The third kappa shape index (κ3) is 7.24. The lowest BCUT2D eigenvalue weighted by molar-refractivity contribution is 0.0977. The third-order valence-corrected chi connectivity index (χ3v) is 3.65. The molecule has 0 heterocycles. The summed E-state index contributed by atoms with van der Waals surface area (Å²) in [6.45, 7) is 6.09. The average molecular weight is 388 g/mol. The highest BCUT2D eigenvalue weighted by Gasteiger charge is 2.09. The minimum Gasteiger partial charge on any atom is -0.494 e. The molecule has 0 aliphatic carbocycles. The van der Waals surface area contributed by atoms with E-state index < -0.39 is 0 Å². The SMILES string of the molecule is CCOCCOc1ccc(NC(=S)NC(=O)c2cccc(OCC)c2)cc1. The van der Waals surface area contributed by atoms with Crippen LogP contribution >= 0.6 is 12.2 Å². The van der Waals surface area contributed by atoms with Crippen molar-refractivity contribution in [2.24, 2.45) is 0 Å². The highest BCUT2D eigenvalue weighted by atomic mass is 32.1. The summed E-state index contributed by atoms with van der Waals surface area (Å²) in [4.78, 5) is 12.3. The number of ether oxygens (including phenoxy) is 3. The van der Waals surface area contributed by atoms with E-state index in [1.807, 2.05) is 38.1 Å². The topological polar surface area (TPSA) is 68.8 Å². The highest BCUT2D eigenvalue weighted by molar-refractivity contribution is 7.80. The first kappa shape index (κ1) is 20.7. The Morgan fingerprint density at radius 1 is 0.963 bits per heavy atom. The van der Waals surface area contributed by atoms with Crippen LogP contribution in [-0.2, 0) is 4.74 Å². The van der Waals surface area contributed by atoms with Crippen LogP contribution in [0.1, 0.15) is 24.2 Å². The predicted molar refractivity (Wildman–Crippen MR) is 110 cm³/mol. The number of anilines is 1. The van der Waals surface area contributed by atoms with Gasteiger partial charge >= 0.3 is 0 Å². The van der Waals surface area contributed by atoms with Gasteiger partial charge in [0, 0.05) is 17.9 Å². The van der Waals surface area contributed by atoms with Crippen molar-refractivity contribution in [3.63, 3.8) is 0 Å². The summed E-state index contributed by atoms with van der Waals surface area (Å²) in [6.07, 6.45) is 0. The van der Waals surface area contributed by atoms with Crippen LogP contribution in [0.5, 0.6) is 11.5 Å². The Morgan fingerprint density at radius 3 is 2.44 bits per heavy atom. The number of carbonyl (C=O) groups is 1. The van der Waals surface area contributed by atoms with E-state index in [0.717, 1.165) is 11.4 Å². The van der Waals surface area contributed by atoms with E-state index in [2.05, 4.69) is 10.6 Å². The van der Waals surface area contributed by atoms with E-state index in [0.29, 0.717) is 37.7 Å². The van der Waals surface area contributed by atoms with Crippen molar-refractivity contribution in [2.75, 3.05) is 31.7 Å². The quantitative estimate of drug-likeness (QED) is 0.505. The van der Waals surface area contributed by atoms with E-state index in [9.17, 15) is 4.79 Å². The molecule has 7 heteroatoms. The van der Waals surface area contributed by atoms with Crippen molar-refractivity contribution < 1.29 is 19.0 Å². The molecule has 0 aliphatic rings. The van der Waals surface area contributed by atoms with Crippen molar-refractivity contribution in [2.45, 2.75) is 13.8 Å². The van der Waals surface area contributed by atoms with Crippen LogP contribution in [0, 0.1) is 0 Å². The summed E-state index contributed by atoms with van der Waals surface area (Å²) in [5.41, 5.74) is 1.23. The fourth-order valence-corrected chi connectivity index (χ4v) is 2.44. The Morgan fingerprint density at radius 2 is 1.74 bits per heavy atom. The summed E-state index contributed by atoms with van der Waals surface area (Å²) in [5.74, 6) is 1.08. The zero-order valence-corrected chi connectivity index (χ0v) is 16.3. The predicted octanol–water partition coefficient (Wildman–Crippen LogP) is 3.63. The lowest BCUT2D eigenvalue weighted by Gasteiger charge is -2.11. The smallest absolute Gasteiger partial charge is 0.257 e. The van der Waals surface area contributed by atoms with Crippen molar-refractivity contribution in [1.29, 1.82) is 0 Å². The number of hydrogen-bond donors (Lipinski definition) is 2. The minimum atomic E-state index is -0.301. The molecule has 2 N–H and O–H groups in total. The van der Waals surface area contributed by atoms with Gasteiger partial charge in [0.05, 0.1) is 13.2 Å². The van der Waals surface area contributed by atoms with Gasteiger partial charge in [-0.15, -0.1) is 0 Å². The second-order valence-corrected chi connectivity index (χ2v) is 5.85. The number of hydrogen-bond acceptors (Lipinski definition) is 5. The molecular weight excluding hydrogens is 364 g/mol. The number of carbonyl (C=O) groups excluding carboxylic acids is 1. The molecule has 27 heavy (non-hydrogen) atoms. The fraction of sp³-hybridized carbons (Fsp3) is 0.300. The summed E-state index contributed by atoms with van der Waals surface area (Å²) in [6, 6.07) is 14.2. The van der Waals surface area contributed by atoms with Gasteiger partial charge in [-0.25, -0.2) is 0 Å². The van der Waals surface area contributed by atoms with Gasteiger partial charge in [-0.05, 0) is 68.5 Å². The lowest BCUT2D eigenvalue weighted by Crippen LogP contribution is -2.34. The minimum absolute atomic E-state index is 0.215.